The third-order valence-electron chi connectivity index (χ3n) is 7.26. The molecule has 2 rings (SSSR count). The summed E-state index contributed by atoms with van der Waals surface area (Å²) in [5, 5.41) is 0. The van der Waals surface area contributed by atoms with Crippen molar-refractivity contribution in [3.8, 4) is 0 Å². The molecule has 0 bridgehead atoms. The van der Waals surface area contributed by atoms with E-state index in [0.717, 1.165) is 29.6 Å². The first-order valence-electron chi connectivity index (χ1n) is 10.1. The van der Waals surface area contributed by atoms with Crippen molar-refractivity contribution < 1.29 is 0 Å². The van der Waals surface area contributed by atoms with Crippen molar-refractivity contribution in [2.24, 2.45) is 35.0 Å². The second-order valence-electron chi connectivity index (χ2n) is 9.12. The van der Waals surface area contributed by atoms with E-state index in [0.29, 0.717) is 5.41 Å². The lowest BCUT2D eigenvalue weighted by molar-refractivity contribution is 0.0164. The zero-order valence-electron chi connectivity index (χ0n) is 15.7. The molecule has 2 aliphatic rings. The molecule has 2 fully saturated rings. The highest BCUT2D eigenvalue weighted by Gasteiger charge is 2.51. The van der Waals surface area contributed by atoms with Gasteiger partial charge in [-0.15, -0.1) is 6.58 Å². The molecule has 0 aromatic heterocycles. The highest BCUT2D eigenvalue weighted by Crippen LogP contribution is 2.60. The zero-order chi connectivity index (χ0) is 16.2. The lowest BCUT2D eigenvalue weighted by Gasteiger charge is -2.48. The minimum absolute atomic E-state index is 0.651. The fraction of sp³-hybridized carbons (Fsp3) is 0.909. The maximum absolute atomic E-state index is 4.03. The number of fused-ring (bicyclic) bond motifs is 1. The monoisotopic (exact) mass is 304 g/mol. The predicted octanol–water partition coefficient (Wildman–Crippen LogP) is 7.25. The van der Waals surface area contributed by atoms with E-state index < -0.39 is 0 Å². The second-order valence-corrected chi connectivity index (χ2v) is 9.12. The van der Waals surface area contributed by atoms with Gasteiger partial charge in [-0.3, -0.25) is 0 Å². The van der Waals surface area contributed by atoms with Crippen molar-refractivity contribution >= 4 is 0 Å². The van der Waals surface area contributed by atoms with Crippen LogP contribution in [-0.4, -0.2) is 0 Å². The molecule has 22 heavy (non-hydrogen) atoms. The number of hydrogen-bond donors (Lipinski definition) is 0. The highest BCUT2D eigenvalue weighted by atomic mass is 14.6. The standard InChI is InChI=1S/C22H40/c1-6-10-20-18(4)15-16-22(5)19(13-14-21(20)22)12-9-7-8-11-17(2)3/h6,17-21H,1,7-16H2,2-5H3. The lowest BCUT2D eigenvalue weighted by Crippen LogP contribution is -2.40. The number of rotatable bonds is 8. The van der Waals surface area contributed by atoms with Gasteiger partial charge in [-0.2, -0.15) is 0 Å². The van der Waals surface area contributed by atoms with Crippen LogP contribution in [0.3, 0.4) is 0 Å². The van der Waals surface area contributed by atoms with Crippen LogP contribution in [0.2, 0.25) is 0 Å². The van der Waals surface area contributed by atoms with E-state index in [1.54, 1.807) is 0 Å². The zero-order valence-corrected chi connectivity index (χ0v) is 15.7. The van der Waals surface area contributed by atoms with Crippen molar-refractivity contribution in [3.63, 3.8) is 0 Å². The van der Waals surface area contributed by atoms with E-state index in [1.807, 2.05) is 0 Å². The van der Waals surface area contributed by atoms with Crippen LogP contribution in [0.1, 0.15) is 91.9 Å². The highest BCUT2D eigenvalue weighted by molar-refractivity contribution is 5.02. The summed E-state index contributed by atoms with van der Waals surface area (Å²) in [5.41, 5.74) is 0.651. The fourth-order valence-corrected chi connectivity index (χ4v) is 5.77. The van der Waals surface area contributed by atoms with Crippen LogP contribution in [0.25, 0.3) is 0 Å². The SMILES string of the molecule is C=CCC1C(C)CCC2(C)C(CCCCCC(C)C)CCC12. The molecule has 0 radical (unpaired) electrons. The van der Waals surface area contributed by atoms with Crippen LogP contribution in [-0.2, 0) is 0 Å². The molecule has 5 unspecified atom stereocenters. The van der Waals surface area contributed by atoms with Gasteiger partial charge < -0.3 is 0 Å². The number of allylic oxidation sites excluding steroid dienone is 1. The Kier molecular flexibility index (Phi) is 6.59. The molecule has 0 aliphatic heterocycles. The Morgan fingerprint density at radius 2 is 1.91 bits per heavy atom. The van der Waals surface area contributed by atoms with Gasteiger partial charge in [0.15, 0.2) is 0 Å². The smallest absolute Gasteiger partial charge is 0.0266 e. The Morgan fingerprint density at radius 1 is 1.14 bits per heavy atom. The Balaban J connectivity index is 1.86. The molecule has 0 spiro atoms. The molecule has 0 heteroatoms. The summed E-state index contributed by atoms with van der Waals surface area (Å²) in [4.78, 5) is 0. The lowest BCUT2D eigenvalue weighted by atomic mass is 9.57. The molecular weight excluding hydrogens is 264 g/mol. The molecule has 0 aromatic rings. The molecule has 5 atom stereocenters. The van der Waals surface area contributed by atoms with Crippen molar-refractivity contribution in [1.29, 1.82) is 0 Å². The molecule has 2 saturated carbocycles. The van der Waals surface area contributed by atoms with Gasteiger partial charge in [0.2, 0.25) is 0 Å². The minimum atomic E-state index is 0.651. The predicted molar refractivity (Wildman–Crippen MR) is 98.9 cm³/mol. The average molecular weight is 305 g/mol. The number of hydrogen-bond acceptors (Lipinski definition) is 0. The maximum Gasteiger partial charge on any atom is -0.0266 e. The summed E-state index contributed by atoms with van der Waals surface area (Å²) >= 11 is 0. The Labute approximate surface area is 140 Å². The fourth-order valence-electron chi connectivity index (χ4n) is 5.77. The molecule has 0 nitrogen and oxygen atoms in total. The van der Waals surface area contributed by atoms with Gasteiger partial charge in [-0.1, -0.05) is 59.5 Å². The summed E-state index contributed by atoms with van der Waals surface area (Å²) in [6.45, 7) is 13.9. The van der Waals surface area contributed by atoms with E-state index >= 15 is 0 Å². The van der Waals surface area contributed by atoms with Gasteiger partial charge >= 0.3 is 0 Å². The normalized spacial score (nSPS) is 38.2. The maximum atomic E-state index is 4.03. The van der Waals surface area contributed by atoms with Crippen LogP contribution < -0.4 is 0 Å². The molecule has 128 valence electrons. The van der Waals surface area contributed by atoms with Gasteiger partial charge in [0, 0.05) is 0 Å². The van der Waals surface area contributed by atoms with Crippen molar-refractivity contribution in [2.45, 2.75) is 91.9 Å². The Hall–Kier alpha value is -0.260. The number of unbranched alkanes of at least 4 members (excludes halogenated alkanes) is 2. The topological polar surface area (TPSA) is 0 Å². The summed E-state index contributed by atoms with van der Waals surface area (Å²) in [5.74, 6) is 4.71. The largest absolute Gasteiger partial charge is 0.103 e. The average Bonchev–Trinajstić information content (AvgIpc) is 2.79. The summed E-state index contributed by atoms with van der Waals surface area (Å²) < 4.78 is 0. The second kappa shape index (κ2) is 8.02. The van der Waals surface area contributed by atoms with Gasteiger partial charge in [-0.05, 0) is 73.5 Å². The molecular formula is C22H40. The summed E-state index contributed by atoms with van der Waals surface area (Å²) in [6, 6.07) is 0. The molecule has 0 aromatic carbocycles. The van der Waals surface area contributed by atoms with Crippen molar-refractivity contribution in [3.05, 3.63) is 12.7 Å². The molecule has 2 aliphatic carbocycles. The quantitative estimate of drug-likeness (QED) is 0.327. The van der Waals surface area contributed by atoms with E-state index in [1.165, 1.54) is 64.2 Å². The minimum Gasteiger partial charge on any atom is -0.103 e. The van der Waals surface area contributed by atoms with E-state index in [9.17, 15) is 0 Å². The Morgan fingerprint density at radius 3 is 2.59 bits per heavy atom. The van der Waals surface area contributed by atoms with Crippen molar-refractivity contribution in [1.82, 2.24) is 0 Å². The van der Waals surface area contributed by atoms with Crippen LogP contribution in [0.5, 0.6) is 0 Å². The van der Waals surface area contributed by atoms with Gasteiger partial charge in [0.1, 0.15) is 0 Å². The first kappa shape index (κ1) is 18.1. The third-order valence-corrected chi connectivity index (χ3v) is 7.26. The van der Waals surface area contributed by atoms with Crippen LogP contribution in [0, 0.1) is 35.0 Å². The van der Waals surface area contributed by atoms with Crippen LogP contribution >= 0.6 is 0 Å². The molecule has 0 N–H and O–H groups in total. The Bertz CT molecular complexity index is 342. The third kappa shape index (κ3) is 3.98. The van der Waals surface area contributed by atoms with Gasteiger partial charge in [0.05, 0.1) is 0 Å². The van der Waals surface area contributed by atoms with E-state index in [-0.39, 0.29) is 0 Å². The van der Waals surface area contributed by atoms with E-state index in [4.69, 9.17) is 0 Å². The van der Waals surface area contributed by atoms with Crippen LogP contribution in [0.15, 0.2) is 12.7 Å². The van der Waals surface area contributed by atoms with Crippen molar-refractivity contribution in [2.75, 3.05) is 0 Å². The first-order chi connectivity index (χ1) is 10.5. The molecule has 0 saturated heterocycles. The summed E-state index contributed by atoms with van der Waals surface area (Å²) in [7, 11) is 0. The van der Waals surface area contributed by atoms with E-state index in [2.05, 4.69) is 40.3 Å². The van der Waals surface area contributed by atoms with Gasteiger partial charge in [0.25, 0.3) is 0 Å². The summed E-state index contributed by atoms with van der Waals surface area (Å²) in [6.07, 6.45) is 16.7. The molecule has 0 amide bonds. The van der Waals surface area contributed by atoms with Crippen LogP contribution in [0.4, 0.5) is 0 Å². The molecule has 0 heterocycles. The first-order valence-corrected chi connectivity index (χ1v) is 10.1. The van der Waals surface area contributed by atoms with Gasteiger partial charge in [-0.25, -0.2) is 0 Å².